The number of nitrogens with zero attached hydrogens (tertiary/aromatic N) is 7. The van der Waals surface area contributed by atoms with Gasteiger partial charge in [0.15, 0.2) is 17.4 Å². The van der Waals surface area contributed by atoms with Crippen LogP contribution < -0.4 is 15.7 Å². The molecule has 0 spiro atoms. The predicted octanol–water partition coefficient (Wildman–Crippen LogP) is 5.48. The number of carbonyl (C=O) groups is 2. The van der Waals surface area contributed by atoms with Gasteiger partial charge in [0.05, 0.1) is 28.2 Å². The number of hydrogen-bond donors (Lipinski definition) is 1. The average Bonchev–Trinajstić information content (AvgIpc) is 2.97. The Kier molecular flexibility index (Phi) is 8.93. The highest BCUT2D eigenvalue weighted by atomic mass is 19.1. The molecule has 4 heterocycles. The summed E-state index contributed by atoms with van der Waals surface area (Å²) in [7, 11) is 0. The van der Waals surface area contributed by atoms with Gasteiger partial charge in [0, 0.05) is 25.7 Å². The standard InChI is InChI=1S/C33H39F2N7O5/c1-17(2)25-28(26(18(3)4)37-16-36-25)41-30-20(14-22(35)27(42(30)46)24-21(34)10-9-11-23(24)43)29(38-31(41)44)40-13-12-39(15-19(40)5)32(45)47-33(6,7)8/h9-11,14,16-19,46H,12-13,15H2,1-8H3/b27-24-/t19-/m0/s1. The van der Waals surface area contributed by atoms with Gasteiger partial charge in [-0.05, 0) is 57.8 Å². The molecule has 2 aromatic rings. The molecule has 250 valence electrons. The largest absolute Gasteiger partial charge is 0.444 e. The van der Waals surface area contributed by atoms with E-state index in [0.717, 1.165) is 22.8 Å². The summed E-state index contributed by atoms with van der Waals surface area (Å²) in [5.74, 6) is -3.71. The summed E-state index contributed by atoms with van der Waals surface area (Å²) in [6.45, 7) is 15.2. The zero-order valence-corrected chi connectivity index (χ0v) is 27.7. The van der Waals surface area contributed by atoms with Crippen molar-refractivity contribution in [2.45, 2.75) is 78.9 Å². The first-order valence-corrected chi connectivity index (χ1v) is 15.5. The minimum atomic E-state index is -1.12. The molecule has 0 radical (unpaired) electrons. The van der Waals surface area contributed by atoms with Crippen LogP contribution in [0.15, 0.2) is 52.3 Å². The number of aromatic nitrogens is 4. The van der Waals surface area contributed by atoms with Gasteiger partial charge in [-0.15, -0.1) is 0 Å². The zero-order chi connectivity index (χ0) is 34.5. The Hall–Kier alpha value is -4.72. The van der Waals surface area contributed by atoms with E-state index in [4.69, 9.17) is 4.74 Å². The molecule has 0 unspecified atom stereocenters. The molecule has 0 bridgehead atoms. The van der Waals surface area contributed by atoms with Crippen molar-refractivity contribution < 1.29 is 28.3 Å². The Morgan fingerprint density at radius 3 is 2.23 bits per heavy atom. The van der Waals surface area contributed by atoms with E-state index in [1.807, 2.05) is 34.6 Å². The number of piperazine rings is 1. The second kappa shape index (κ2) is 12.5. The Balaban J connectivity index is 1.77. The van der Waals surface area contributed by atoms with E-state index >= 15 is 8.78 Å². The summed E-state index contributed by atoms with van der Waals surface area (Å²) in [6, 6.07) is -0.422. The monoisotopic (exact) mass is 651 g/mol. The number of hydrogen-bond acceptors (Lipinski definition) is 10. The van der Waals surface area contributed by atoms with E-state index in [0.29, 0.717) is 16.5 Å². The predicted molar refractivity (Wildman–Crippen MR) is 172 cm³/mol. The SMILES string of the molecule is CC(C)c1ncnc(C(C)C)c1-n1c2c(c(N3CCN(C(=O)OC(C)(C)C)C[C@@H]3C)nc1=O)C=C(F)/C(=C1/C(=O)C=CC=C1F)N2O. The molecule has 1 fully saturated rings. The summed E-state index contributed by atoms with van der Waals surface area (Å²) in [5, 5.41) is 12.2. The molecular formula is C33H39F2N7O5. The first-order chi connectivity index (χ1) is 22.0. The lowest BCUT2D eigenvalue weighted by Gasteiger charge is -2.42. The van der Waals surface area contributed by atoms with Crippen LogP contribution in [0.3, 0.4) is 0 Å². The van der Waals surface area contributed by atoms with E-state index in [1.165, 1.54) is 12.4 Å². The van der Waals surface area contributed by atoms with Crippen LogP contribution in [0.5, 0.6) is 0 Å². The number of anilines is 2. The molecular weight excluding hydrogens is 612 g/mol. The van der Waals surface area contributed by atoms with Crippen molar-refractivity contribution in [3.8, 4) is 5.69 Å². The van der Waals surface area contributed by atoms with Crippen LogP contribution in [0.1, 0.15) is 84.2 Å². The maximum atomic E-state index is 16.1. The van der Waals surface area contributed by atoms with E-state index < -0.39 is 52.1 Å². The minimum absolute atomic E-state index is 0.00275. The van der Waals surface area contributed by atoms with Gasteiger partial charge in [-0.3, -0.25) is 10.0 Å². The van der Waals surface area contributed by atoms with Gasteiger partial charge in [0.2, 0.25) is 0 Å². The number of halogens is 2. The number of rotatable bonds is 4. The van der Waals surface area contributed by atoms with E-state index in [9.17, 15) is 19.6 Å². The molecule has 47 heavy (non-hydrogen) atoms. The Morgan fingerprint density at radius 1 is 1.04 bits per heavy atom. The fourth-order valence-electron chi connectivity index (χ4n) is 5.88. The lowest BCUT2D eigenvalue weighted by Crippen LogP contribution is -2.55. The fraction of sp³-hybridized carbons (Fsp3) is 0.455. The summed E-state index contributed by atoms with van der Waals surface area (Å²) >= 11 is 0. The maximum Gasteiger partial charge on any atom is 0.410 e. The molecule has 14 heteroatoms. The molecule has 1 atom stereocenters. The zero-order valence-electron chi connectivity index (χ0n) is 27.7. The third-order valence-electron chi connectivity index (χ3n) is 7.96. The third-order valence-corrected chi connectivity index (χ3v) is 7.96. The van der Waals surface area contributed by atoms with E-state index in [2.05, 4.69) is 15.0 Å². The van der Waals surface area contributed by atoms with E-state index in [-0.39, 0.29) is 54.4 Å². The number of carbonyl (C=O) groups excluding carboxylic acids is 2. The normalized spacial score (nSPS) is 20.1. The van der Waals surface area contributed by atoms with Gasteiger partial charge in [0.25, 0.3) is 0 Å². The van der Waals surface area contributed by atoms with Gasteiger partial charge < -0.3 is 14.5 Å². The third kappa shape index (κ3) is 6.21. The van der Waals surface area contributed by atoms with E-state index in [1.54, 1.807) is 30.6 Å². The molecule has 3 aliphatic rings. The number of ether oxygens (including phenoxy) is 1. The number of fused-ring (bicyclic) bond motifs is 1. The highest BCUT2D eigenvalue weighted by Crippen LogP contribution is 2.43. The van der Waals surface area contributed by atoms with Crippen molar-refractivity contribution in [1.29, 1.82) is 0 Å². The van der Waals surface area contributed by atoms with Crippen molar-refractivity contribution in [2.75, 3.05) is 29.6 Å². The highest BCUT2D eigenvalue weighted by Gasteiger charge is 2.39. The lowest BCUT2D eigenvalue weighted by atomic mass is 9.98. The number of amides is 1. The van der Waals surface area contributed by atoms with Crippen LogP contribution in [0.2, 0.25) is 0 Å². The summed E-state index contributed by atoms with van der Waals surface area (Å²) in [4.78, 5) is 56.5. The maximum absolute atomic E-state index is 16.1. The average molecular weight is 652 g/mol. The van der Waals surface area contributed by atoms with Crippen molar-refractivity contribution in [3.05, 3.63) is 74.9 Å². The number of allylic oxidation sites excluding steroid dienone is 6. The molecule has 2 aliphatic heterocycles. The quantitative estimate of drug-likeness (QED) is 0.424. The summed E-state index contributed by atoms with van der Waals surface area (Å²) in [6.07, 6.45) is 5.14. The molecule has 1 aliphatic carbocycles. The number of ketones is 1. The number of hydroxylamine groups is 1. The van der Waals surface area contributed by atoms with Crippen LogP contribution in [-0.4, -0.2) is 72.8 Å². The summed E-state index contributed by atoms with van der Waals surface area (Å²) < 4.78 is 37.9. The molecule has 2 aromatic heterocycles. The Bertz CT molecular complexity index is 1790. The van der Waals surface area contributed by atoms with Gasteiger partial charge in [-0.1, -0.05) is 33.8 Å². The van der Waals surface area contributed by atoms with Gasteiger partial charge in [0.1, 0.15) is 29.3 Å². The second-order valence-electron chi connectivity index (χ2n) is 13.3. The van der Waals surface area contributed by atoms with Gasteiger partial charge >= 0.3 is 11.8 Å². The molecule has 1 saturated heterocycles. The summed E-state index contributed by atoms with van der Waals surface area (Å²) in [5.41, 5.74) is -1.84. The second-order valence-corrected chi connectivity index (χ2v) is 13.3. The van der Waals surface area contributed by atoms with Crippen molar-refractivity contribution in [1.82, 2.24) is 24.4 Å². The molecule has 0 aromatic carbocycles. The van der Waals surface area contributed by atoms with Crippen LogP contribution in [0.4, 0.5) is 25.2 Å². The molecule has 5 rings (SSSR count). The Morgan fingerprint density at radius 2 is 1.68 bits per heavy atom. The smallest absolute Gasteiger partial charge is 0.410 e. The van der Waals surface area contributed by atoms with Crippen LogP contribution in [0.25, 0.3) is 11.8 Å². The van der Waals surface area contributed by atoms with Gasteiger partial charge in [-0.25, -0.2) is 38.0 Å². The van der Waals surface area contributed by atoms with Crippen molar-refractivity contribution >= 4 is 29.6 Å². The van der Waals surface area contributed by atoms with Crippen LogP contribution in [-0.2, 0) is 9.53 Å². The van der Waals surface area contributed by atoms with Crippen LogP contribution >= 0.6 is 0 Å². The fourth-order valence-corrected chi connectivity index (χ4v) is 5.88. The molecule has 12 nitrogen and oxygen atoms in total. The highest BCUT2D eigenvalue weighted by molar-refractivity contribution is 6.10. The minimum Gasteiger partial charge on any atom is -0.444 e. The van der Waals surface area contributed by atoms with Crippen molar-refractivity contribution in [3.63, 3.8) is 0 Å². The lowest BCUT2D eigenvalue weighted by molar-refractivity contribution is -0.111. The first kappa shape index (κ1) is 33.6. The molecule has 1 N–H and O–H groups in total. The van der Waals surface area contributed by atoms with Crippen LogP contribution in [0, 0.1) is 0 Å². The van der Waals surface area contributed by atoms with Crippen molar-refractivity contribution in [2.24, 2.45) is 0 Å². The molecule has 1 amide bonds. The van der Waals surface area contributed by atoms with Gasteiger partial charge in [-0.2, -0.15) is 4.98 Å². The Labute approximate surface area is 271 Å². The molecule has 0 saturated carbocycles. The topological polar surface area (TPSA) is 134 Å². The first-order valence-electron chi connectivity index (χ1n) is 15.5.